The molecule has 0 atom stereocenters. The number of hydrogen-bond donors (Lipinski definition) is 0. The molecule has 1 aliphatic heterocycles. The van der Waals surface area contributed by atoms with Crippen LogP contribution in [-0.4, -0.2) is 42.5 Å². The van der Waals surface area contributed by atoms with E-state index in [1.165, 1.54) is 5.70 Å². The standard InChI is InChI=1S/C18H16N6/c1-2-14(3-1)23-7-4-17-22-18-16(24(17)9-8-23)10-13(11-21-18)15-12-19-5-6-20-15/h1-3,5-6,10-12H,4,7-9H2. The van der Waals surface area contributed by atoms with Crippen molar-refractivity contribution in [2.24, 2.45) is 0 Å². The largest absolute Gasteiger partial charge is 0.369 e. The Kier molecular flexibility index (Phi) is 2.94. The predicted molar refractivity (Wildman–Crippen MR) is 91.1 cm³/mol. The summed E-state index contributed by atoms with van der Waals surface area (Å²) in [5.41, 5.74) is 5.02. The van der Waals surface area contributed by atoms with Gasteiger partial charge in [-0.05, 0) is 18.2 Å². The van der Waals surface area contributed by atoms with Crippen molar-refractivity contribution in [2.75, 3.05) is 13.1 Å². The Morgan fingerprint density at radius 1 is 1.00 bits per heavy atom. The molecule has 0 unspecified atom stereocenters. The lowest BCUT2D eigenvalue weighted by atomic mass is 10.2. The van der Waals surface area contributed by atoms with Gasteiger partial charge in [0, 0.05) is 55.9 Å². The van der Waals surface area contributed by atoms with Crippen molar-refractivity contribution in [3.63, 3.8) is 0 Å². The lowest BCUT2D eigenvalue weighted by Gasteiger charge is -2.25. The van der Waals surface area contributed by atoms with Gasteiger partial charge < -0.3 is 9.47 Å². The fourth-order valence-corrected chi connectivity index (χ4v) is 3.30. The number of nitrogens with zero attached hydrogens (tertiary/aromatic N) is 6. The Morgan fingerprint density at radius 2 is 1.96 bits per heavy atom. The van der Waals surface area contributed by atoms with Gasteiger partial charge in [0.2, 0.25) is 0 Å². The van der Waals surface area contributed by atoms with Gasteiger partial charge in [0.15, 0.2) is 5.65 Å². The molecule has 2 aliphatic rings. The lowest BCUT2D eigenvalue weighted by molar-refractivity contribution is 0.359. The first kappa shape index (κ1) is 13.4. The molecule has 0 radical (unpaired) electrons. The summed E-state index contributed by atoms with van der Waals surface area (Å²) in [5.74, 6) is 1.11. The van der Waals surface area contributed by atoms with Gasteiger partial charge in [0.25, 0.3) is 0 Å². The minimum atomic E-state index is 0.814. The molecule has 3 aromatic rings. The number of hydrogen-bond acceptors (Lipinski definition) is 5. The molecule has 0 amide bonds. The highest BCUT2D eigenvalue weighted by Gasteiger charge is 2.20. The third kappa shape index (κ3) is 2.11. The number of pyridine rings is 1. The van der Waals surface area contributed by atoms with E-state index in [2.05, 4.69) is 48.7 Å². The quantitative estimate of drug-likeness (QED) is 0.725. The van der Waals surface area contributed by atoms with Gasteiger partial charge in [-0.15, -0.1) is 0 Å². The van der Waals surface area contributed by atoms with Crippen molar-refractivity contribution in [3.05, 3.63) is 60.6 Å². The van der Waals surface area contributed by atoms with Crippen molar-refractivity contribution in [1.29, 1.82) is 0 Å². The van der Waals surface area contributed by atoms with Crippen molar-refractivity contribution in [2.45, 2.75) is 13.0 Å². The van der Waals surface area contributed by atoms with Crippen LogP contribution in [0.3, 0.4) is 0 Å². The first-order valence-electron chi connectivity index (χ1n) is 8.13. The SMILES string of the molecule is C1=CC(N2CCc3nc4ncc(-c5cnccn5)cc4n3CC2)=C1. The van der Waals surface area contributed by atoms with Crippen molar-refractivity contribution < 1.29 is 0 Å². The third-order valence-electron chi connectivity index (χ3n) is 4.64. The van der Waals surface area contributed by atoms with Gasteiger partial charge in [-0.25, -0.2) is 9.97 Å². The molecule has 6 heteroatoms. The summed E-state index contributed by atoms with van der Waals surface area (Å²) in [6, 6.07) is 2.13. The van der Waals surface area contributed by atoms with Crippen LogP contribution in [0.2, 0.25) is 0 Å². The van der Waals surface area contributed by atoms with Crippen molar-refractivity contribution in [1.82, 2.24) is 29.4 Å². The third-order valence-corrected chi connectivity index (χ3v) is 4.64. The van der Waals surface area contributed by atoms with Crippen LogP contribution >= 0.6 is 0 Å². The van der Waals surface area contributed by atoms with Crippen LogP contribution in [0, 0.1) is 0 Å². The van der Waals surface area contributed by atoms with Crippen LogP contribution in [0.4, 0.5) is 0 Å². The van der Waals surface area contributed by atoms with Crippen LogP contribution in [0.25, 0.3) is 22.4 Å². The molecular weight excluding hydrogens is 300 g/mol. The lowest BCUT2D eigenvalue weighted by Crippen LogP contribution is -2.26. The molecule has 118 valence electrons. The van der Waals surface area contributed by atoms with Crippen LogP contribution in [0.1, 0.15) is 5.82 Å². The second-order valence-corrected chi connectivity index (χ2v) is 6.02. The molecule has 24 heavy (non-hydrogen) atoms. The zero-order valence-electron chi connectivity index (χ0n) is 13.1. The summed E-state index contributed by atoms with van der Waals surface area (Å²) in [5, 5.41) is 0. The Balaban J connectivity index is 1.53. The fraction of sp³-hybridized carbons (Fsp3) is 0.222. The van der Waals surface area contributed by atoms with Gasteiger partial charge in [-0.3, -0.25) is 9.97 Å². The highest BCUT2D eigenvalue weighted by Crippen LogP contribution is 2.24. The molecule has 4 heterocycles. The Labute approximate surface area is 139 Å². The average Bonchev–Trinajstić information content (AvgIpc) is 2.80. The molecule has 5 rings (SSSR count). The molecule has 0 fully saturated rings. The average molecular weight is 316 g/mol. The predicted octanol–water partition coefficient (Wildman–Crippen LogP) is 2.20. The van der Waals surface area contributed by atoms with Gasteiger partial charge >= 0.3 is 0 Å². The summed E-state index contributed by atoms with van der Waals surface area (Å²) in [6.07, 6.45) is 14.3. The maximum atomic E-state index is 4.74. The number of imidazole rings is 1. The molecule has 3 aromatic heterocycles. The molecule has 0 bridgehead atoms. The topological polar surface area (TPSA) is 59.7 Å². The minimum Gasteiger partial charge on any atom is -0.369 e. The highest BCUT2D eigenvalue weighted by molar-refractivity contribution is 5.77. The highest BCUT2D eigenvalue weighted by atomic mass is 15.2. The second kappa shape index (κ2) is 5.26. The van der Waals surface area contributed by atoms with E-state index >= 15 is 0 Å². The summed E-state index contributed by atoms with van der Waals surface area (Å²) in [7, 11) is 0. The number of rotatable bonds is 2. The van der Waals surface area contributed by atoms with E-state index in [1.54, 1.807) is 18.6 Å². The molecule has 0 aromatic carbocycles. The summed E-state index contributed by atoms with van der Waals surface area (Å²) in [4.78, 5) is 20.2. The summed E-state index contributed by atoms with van der Waals surface area (Å²) in [6.45, 7) is 2.91. The summed E-state index contributed by atoms with van der Waals surface area (Å²) >= 11 is 0. The van der Waals surface area contributed by atoms with E-state index in [9.17, 15) is 0 Å². The van der Waals surface area contributed by atoms with E-state index in [0.717, 1.165) is 54.3 Å². The molecular formula is C18H16N6. The van der Waals surface area contributed by atoms with Crippen LogP contribution in [0.5, 0.6) is 0 Å². The first-order chi connectivity index (χ1) is 11.9. The van der Waals surface area contributed by atoms with Crippen molar-refractivity contribution >= 4 is 11.2 Å². The smallest absolute Gasteiger partial charge is 0.177 e. The number of fused-ring (bicyclic) bond motifs is 3. The number of allylic oxidation sites excluding steroid dienone is 3. The van der Waals surface area contributed by atoms with E-state index < -0.39 is 0 Å². The van der Waals surface area contributed by atoms with Crippen LogP contribution in [-0.2, 0) is 13.0 Å². The Morgan fingerprint density at radius 3 is 2.75 bits per heavy atom. The van der Waals surface area contributed by atoms with Crippen LogP contribution in [0.15, 0.2) is 54.8 Å². The maximum Gasteiger partial charge on any atom is 0.177 e. The van der Waals surface area contributed by atoms with Gasteiger partial charge in [-0.1, -0.05) is 6.08 Å². The second-order valence-electron chi connectivity index (χ2n) is 6.02. The van der Waals surface area contributed by atoms with Crippen molar-refractivity contribution in [3.8, 4) is 11.3 Å². The van der Waals surface area contributed by atoms with Gasteiger partial charge in [0.05, 0.1) is 17.4 Å². The maximum absolute atomic E-state index is 4.74. The molecule has 0 spiro atoms. The first-order valence-corrected chi connectivity index (χ1v) is 8.13. The minimum absolute atomic E-state index is 0.814. The normalized spacial score (nSPS) is 16.5. The van der Waals surface area contributed by atoms with E-state index in [-0.39, 0.29) is 0 Å². The molecule has 1 aliphatic carbocycles. The Bertz CT molecular complexity index is 970. The van der Waals surface area contributed by atoms with Gasteiger partial charge in [-0.2, -0.15) is 0 Å². The van der Waals surface area contributed by atoms with Crippen LogP contribution < -0.4 is 0 Å². The molecule has 0 saturated carbocycles. The number of aromatic nitrogens is 5. The fourth-order valence-electron chi connectivity index (χ4n) is 3.30. The summed E-state index contributed by atoms with van der Waals surface area (Å²) < 4.78 is 2.30. The molecule has 0 N–H and O–H groups in total. The van der Waals surface area contributed by atoms with E-state index in [4.69, 9.17) is 4.98 Å². The zero-order valence-corrected chi connectivity index (χ0v) is 13.1. The molecule has 6 nitrogen and oxygen atoms in total. The zero-order chi connectivity index (χ0) is 15.9. The van der Waals surface area contributed by atoms with Gasteiger partial charge in [0.1, 0.15) is 5.82 Å². The van der Waals surface area contributed by atoms with E-state index in [1.807, 2.05) is 6.20 Å². The Hall–Kier alpha value is -3.02. The molecule has 0 saturated heterocycles. The van der Waals surface area contributed by atoms with E-state index in [0.29, 0.717) is 0 Å². The monoisotopic (exact) mass is 316 g/mol.